The number of hydrogen-bond acceptors (Lipinski definition) is 4. The van der Waals surface area contributed by atoms with E-state index in [1.807, 2.05) is 12.1 Å². The van der Waals surface area contributed by atoms with E-state index >= 15 is 0 Å². The third kappa shape index (κ3) is 4.73. The van der Waals surface area contributed by atoms with Crippen LogP contribution in [0.25, 0.3) is 0 Å². The molecule has 1 saturated heterocycles. The summed E-state index contributed by atoms with van der Waals surface area (Å²) >= 11 is 2.06. The average Bonchev–Trinajstić information content (AvgIpc) is 2.43. The van der Waals surface area contributed by atoms with E-state index in [0.29, 0.717) is 10.3 Å². The van der Waals surface area contributed by atoms with Gasteiger partial charge in [0.15, 0.2) is 0 Å². The zero-order valence-electron chi connectivity index (χ0n) is 12.3. The Balaban J connectivity index is 1.67. The van der Waals surface area contributed by atoms with Crippen molar-refractivity contribution < 1.29 is 4.74 Å². The molecule has 0 saturated carbocycles. The van der Waals surface area contributed by atoms with Gasteiger partial charge in [-0.25, -0.2) is 0 Å². The van der Waals surface area contributed by atoms with Crippen LogP contribution in [0.2, 0.25) is 0 Å². The van der Waals surface area contributed by atoms with Gasteiger partial charge in [0.2, 0.25) is 0 Å². The van der Waals surface area contributed by atoms with E-state index in [0.717, 1.165) is 31.9 Å². The summed E-state index contributed by atoms with van der Waals surface area (Å²) in [5.41, 5.74) is 0.672. The van der Waals surface area contributed by atoms with Gasteiger partial charge in [-0.1, -0.05) is 0 Å². The van der Waals surface area contributed by atoms with Gasteiger partial charge in [0.1, 0.15) is 5.75 Å². The molecule has 1 fully saturated rings. The highest BCUT2D eigenvalue weighted by Gasteiger charge is 2.26. The van der Waals surface area contributed by atoms with Gasteiger partial charge in [-0.2, -0.15) is 17.0 Å². The SMILES string of the molecule is CC1(C)CN(CCCOc2ccc(C#N)cc2)CCS1. The van der Waals surface area contributed by atoms with Crippen LogP contribution >= 0.6 is 11.8 Å². The summed E-state index contributed by atoms with van der Waals surface area (Å²) in [5, 5.41) is 8.73. The first-order valence-electron chi connectivity index (χ1n) is 7.08. The minimum absolute atomic E-state index is 0.381. The molecular weight excluding hydrogens is 268 g/mol. The number of thioether (sulfide) groups is 1. The highest BCUT2D eigenvalue weighted by Crippen LogP contribution is 2.29. The van der Waals surface area contributed by atoms with E-state index in [9.17, 15) is 0 Å². The Morgan fingerprint density at radius 2 is 2.10 bits per heavy atom. The maximum atomic E-state index is 8.73. The van der Waals surface area contributed by atoms with Gasteiger partial charge in [0.25, 0.3) is 0 Å². The molecule has 0 N–H and O–H groups in total. The number of hydrogen-bond donors (Lipinski definition) is 0. The topological polar surface area (TPSA) is 36.3 Å². The molecule has 2 rings (SSSR count). The molecule has 0 bridgehead atoms. The van der Waals surface area contributed by atoms with Crippen LogP contribution in [-0.2, 0) is 0 Å². The molecule has 0 amide bonds. The van der Waals surface area contributed by atoms with Crippen LogP contribution in [0.15, 0.2) is 24.3 Å². The second kappa shape index (κ2) is 7.01. The highest BCUT2D eigenvalue weighted by molar-refractivity contribution is 8.00. The van der Waals surface area contributed by atoms with E-state index in [1.54, 1.807) is 12.1 Å². The van der Waals surface area contributed by atoms with Crippen molar-refractivity contribution in [3.05, 3.63) is 29.8 Å². The lowest BCUT2D eigenvalue weighted by molar-refractivity contribution is 0.226. The molecule has 1 aromatic carbocycles. The largest absolute Gasteiger partial charge is 0.494 e. The number of nitrogens with zero attached hydrogens (tertiary/aromatic N) is 2. The molecule has 1 aromatic rings. The van der Waals surface area contributed by atoms with Crippen molar-refractivity contribution in [2.45, 2.75) is 25.0 Å². The Bertz CT molecular complexity index is 464. The number of ether oxygens (including phenoxy) is 1. The normalized spacial score (nSPS) is 18.4. The standard InChI is InChI=1S/C16H22N2OS/c1-16(2)13-18(9-11-20-16)8-3-10-19-15-6-4-14(12-17)5-7-15/h4-7H,3,8-11,13H2,1-2H3. The van der Waals surface area contributed by atoms with E-state index in [-0.39, 0.29) is 0 Å². The quantitative estimate of drug-likeness (QED) is 0.781. The molecule has 108 valence electrons. The first-order valence-corrected chi connectivity index (χ1v) is 8.07. The molecule has 1 aliphatic heterocycles. The van der Waals surface area contributed by atoms with Gasteiger partial charge in [0, 0.05) is 30.1 Å². The molecule has 3 nitrogen and oxygen atoms in total. The van der Waals surface area contributed by atoms with E-state index < -0.39 is 0 Å². The van der Waals surface area contributed by atoms with E-state index in [2.05, 4.69) is 36.6 Å². The maximum absolute atomic E-state index is 8.73. The lowest BCUT2D eigenvalue weighted by Crippen LogP contribution is -2.43. The predicted molar refractivity (Wildman–Crippen MR) is 84.2 cm³/mol. The summed E-state index contributed by atoms with van der Waals surface area (Å²) in [4.78, 5) is 2.53. The minimum atomic E-state index is 0.381. The summed E-state index contributed by atoms with van der Waals surface area (Å²) in [7, 11) is 0. The van der Waals surface area contributed by atoms with Gasteiger partial charge in [-0.15, -0.1) is 0 Å². The minimum Gasteiger partial charge on any atom is -0.494 e. The zero-order valence-corrected chi connectivity index (χ0v) is 13.1. The molecule has 4 heteroatoms. The third-order valence-electron chi connectivity index (χ3n) is 3.38. The van der Waals surface area contributed by atoms with E-state index in [4.69, 9.17) is 10.00 Å². The molecule has 0 unspecified atom stereocenters. The van der Waals surface area contributed by atoms with Gasteiger partial charge < -0.3 is 9.64 Å². The fraction of sp³-hybridized carbons (Fsp3) is 0.562. The summed E-state index contributed by atoms with van der Waals surface area (Å²) in [6.45, 7) is 8.81. The molecule has 0 aromatic heterocycles. The molecule has 0 aliphatic carbocycles. The average molecular weight is 290 g/mol. The molecule has 1 aliphatic rings. The summed E-state index contributed by atoms with van der Waals surface area (Å²) in [6, 6.07) is 9.41. The van der Waals surface area contributed by atoms with Crippen molar-refractivity contribution in [2.24, 2.45) is 0 Å². The van der Waals surface area contributed by atoms with Crippen LogP contribution in [0.5, 0.6) is 5.75 Å². The Morgan fingerprint density at radius 3 is 2.75 bits per heavy atom. The van der Waals surface area contributed by atoms with Crippen LogP contribution in [0.3, 0.4) is 0 Å². The summed E-state index contributed by atoms with van der Waals surface area (Å²) in [5.74, 6) is 2.07. The first-order chi connectivity index (χ1) is 9.59. The summed E-state index contributed by atoms with van der Waals surface area (Å²) in [6.07, 6.45) is 1.04. The zero-order chi connectivity index (χ0) is 14.4. The lowest BCUT2D eigenvalue weighted by atomic mass is 10.2. The Hall–Kier alpha value is -1.18. The lowest BCUT2D eigenvalue weighted by Gasteiger charge is -2.37. The Kier molecular flexibility index (Phi) is 5.33. The van der Waals surface area contributed by atoms with Gasteiger partial charge in [-0.3, -0.25) is 0 Å². The van der Waals surface area contributed by atoms with Gasteiger partial charge in [-0.05, 0) is 44.5 Å². The number of benzene rings is 1. The fourth-order valence-electron chi connectivity index (χ4n) is 2.41. The third-order valence-corrected chi connectivity index (χ3v) is 4.67. The molecule has 0 radical (unpaired) electrons. The first kappa shape index (κ1) is 15.2. The Labute approximate surface area is 125 Å². The number of nitriles is 1. The van der Waals surface area contributed by atoms with Crippen LogP contribution in [0.4, 0.5) is 0 Å². The predicted octanol–water partition coefficient (Wildman–Crippen LogP) is 3.15. The van der Waals surface area contributed by atoms with Crippen LogP contribution in [-0.4, -0.2) is 41.6 Å². The van der Waals surface area contributed by atoms with Crippen LogP contribution in [0, 0.1) is 11.3 Å². The second-order valence-corrected chi connectivity index (χ2v) is 7.52. The molecule has 20 heavy (non-hydrogen) atoms. The van der Waals surface area contributed by atoms with Crippen molar-refractivity contribution in [2.75, 3.05) is 32.0 Å². The second-order valence-electron chi connectivity index (χ2n) is 5.72. The van der Waals surface area contributed by atoms with Crippen molar-refractivity contribution in [3.63, 3.8) is 0 Å². The fourth-order valence-corrected chi connectivity index (χ4v) is 3.58. The van der Waals surface area contributed by atoms with Crippen molar-refractivity contribution in [1.82, 2.24) is 4.90 Å². The van der Waals surface area contributed by atoms with Crippen molar-refractivity contribution in [3.8, 4) is 11.8 Å². The monoisotopic (exact) mass is 290 g/mol. The molecule has 1 heterocycles. The van der Waals surface area contributed by atoms with Gasteiger partial charge in [0.05, 0.1) is 18.2 Å². The van der Waals surface area contributed by atoms with Crippen LogP contribution < -0.4 is 4.74 Å². The summed E-state index contributed by atoms with van der Waals surface area (Å²) < 4.78 is 6.09. The molecular formula is C16H22N2OS. The van der Waals surface area contributed by atoms with E-state index in [1.165, 1.54) is 12.3 Å². The molecule has 0 spiro atoms. The highest BCUT2D eigenvalue weighted by atomic mass is 32.2. The maximum Gasteiger partial charge on any atom is 0.119 e. The van der Waals surface area contributed by atoms with Crippen molar-refractivity contribution >= 4 is 11.8 Å². The van der Waals surface area contributed by atoms with Gasteiger partial charge >= 0.3 is 0 Å². The number of rotatable bonds is 5. The van der Waals surface area contributed by atoms with Crippen molar-refractivity contribution in [1.29, 1.82) is 5.26 Å². The molecule has 0 atom stereocenters. The van der Waals surface area contributed by atoms with Crippen LogP contribution in [0.1, 0.15) is 25.8 Å². The smallest absolute Gasteiger partial charge is 0.119 e. The Morgan fingerprint density at radius 1 is 1.35 bits per heavy atom.